The van der Waals surface area contributed by atoms with Crippen LogP contribution in [0.15, 0.2) is 53.5 Å². The van der Waals surface area contributed by atoms with E-state index in [-0.39, 0.29) is 11.9 Å². The molecule has 2 aromatic carbocycles. The number of aromatic hydroxyl groups is 1. The molecule has 21 heavy (non-hydrogen) atoms. The van der Waals surface area contributed by atoms with E-state index in [1.165, 1.54) is 0 Å². The third kappa shape index (κ3) is 1.80. The van der Waals surface area contributed by atoms with Crippen molar-refractivity contribution in [2.75, 3.05) is 5.32 Å². The smallest absolute Gasteiger partial charge is 0.365 e. The molecule has 2 heterocycles. The zero-order valence-corrected chi connectivity index (χ0v) is 11.1. The molecular formula is C15H14N5O+. The van der Waals surface area contributed by atoms with Crippen molar-refractivity contribution >= 4 is 22.9 Å². The van der Waals surface area contributed by atoms with Gasteiger partial charge < -0.3 is 10.8 Å². The number of hydrogen-bond donors (Lipinski definition) is 4. The Kier molecular flexibility index (Phi) is 2.38. The molecule has 4 rings (SSSR count). The number of anilines is 1. The molecule has 1 aliphatic heterocycles. The molecule has 6 heteroatoms. The Morgan fingerprint density at radius 3 is 2.86 bits per heavy atom. The van der Waals surface area contributed by atoms with Crippen molar-refractivity contribution in [1.29, 1.82) is 0 Å². The fourth-order valence-electron chi connectivity index (χ4n) is 2.70. The van der Waals surface area contributed by atoms with E-state index in [1.807, 2.05) is 34.9 Å². The lowest BCUT2D eigenvalue weighted by Crippen LogP contribution is -2.48. The first-order chi connectivity index (χ1) is 10.2. The van der Waals surface area contributed by atoms with Gasteiger partial charge in [0.05, 0.1) is 0 Å². The molecule has 1 aromatic heterocycles. The molecule has 0 radical (unpaired) electrons. The van der Waals surface area contributed by atoms with E-state index in [0.29, 0.717) is 5.96 Å². The van der Waals surface area contributed by atoms with Gasteiger partial charge in [0.15, 0.2) is 0 Å². The number of phenols is 1. The number of aromatic nitrogens is 2. The minimum atomic E-state index is -0.315. The molecular weight excluding hydrogens is 266 g/mol. The van der Waals surface area contributed by atoms with Gasteiger partial charge in [-0.05, 0) is 24.3 Å². The Hall–Kier alpha value is -3.02. The molecule has 0 fully saturated rings. The molecule has 104 valence electrons. The first kappa shape index (κ1) is 11.8. The monoisotopic (exact) mass is 280 g/mol. The van der Waals surface area contributed by atoms with Crippen LogP contribution in [0.5, 0.6) is 5.75 Å². The van der Waals surface area contributed by atoms with E-state index in [0.717, 1.165) is 22.5 Å². The van der Waals surface area contributed by atoms with Crippen LogP contribution < -0.4 is 15.6 Å². The van der Waals surface area contributed by atoms with Crippen molar-refractivity contribution < 1.29 is 9.67 Å². The summed E-state index contributed by atoms with van der Waals surface area (Å²) in [4.78, 5) is 7.76. The van der Waals surface area contributed by atoms with Crippen molar-refractivity contribution in [2.45, 2.75) is 6.17 Å². The fourth-order valence-corrected chi connectivity index (χ4v) is 2.70. The van der Waals surface area contributed by atoms with Crippen molar-refractivity contribution in [2.24, 2.45) is 10.7 Å². The number of fused-ring (bicyclic) bond motifs is 3. The first-order valence-electron chi connectivity index (χ1n) is 6.64. The lowest BCUT2D eigenvalue weighted by molar-refractivity contribution is -0.674. The maximum atomic E-state index is 9.71. The summed E-state index contributed by atoms with van der Waals surface area (Å²) in [6, 6.07) is 15.0. The standard InChI is InChI=1S/C15H13N5O/c16-14-18-13(9-4-3-5-10(21)8-9)20-12-7-2-1-6-11(12)17-15(20)19-14/h1-8,13H,(H4,16,17,18,19,21)/p+1/t13-/m0/s1. The number of aliphatic imine (C=N–C) groups is 1. The molecule has 0 amide bonds. The number of nitrogens with zero attached hydrogens (tertiary/aromatic N) is 2. The number of benzene rings is 2. The Labute approximate surface area is 120 Å². The summed E-state index contributed by atoms with van der Waals surface area (Å²) in [6.07, 6.45) is -0.315. The van der Waals surface area contributed by atoms with Gasteiger partial charge in [0.1, 0.15) is 16.8 Å². The van der Waals surface area contributed by atoms with E-state index in [2.05, 4.69) is 15.3 Å². The summed E-state index contributed by atoms with van der Waals surface area (Å²) in [6.45, 7) is 0. The molecule has 0 spiro atoms. The minimum Gasteiger partial charge on any atom is -0.508 e. The second-order valence-corrected chi connectivity index (χ2v) is 4.97. The molecule has 5 N–H and O–H groups in total. The quantitative estimate of drug-likeness (QED) is 0.508. The van der Waals surface area contributed by atoms with E-state index in [9.17, 15) is 5.11 Å². The summed E-state index contributed by atoms with van der Waals surface area (Å²) in [7, 11) is 0. The highest BCUT2D eigenvalue weighted by molar-refractivity contribution is 5.92. The van der Waals surface area contributed by atoms with Crippen LogP contribution in [-0.2, 0) is 0 Å². The molecule has 1 aliphatic rings. The fraction of sp³-hybridized carbons (Fsp3) is 0.0667. The van der Waals surface area contributed by atoms with Gasteiger partial charge in [0.25, 0.3) is 5.96 Å². The van der Waals surface area contributed by atoms with Gasteiger partial charge in [-0.25, -0.2) is 14.9 Å². The van der Waals surface area contributed by atoms with Crippen molar-refractivity contribution in [3.63, 3.8) is 0 Å². The summed E-state index contributed by atoms with van der Waals surface area (Å²) in [5, 5.41) is 12.7. The zero-order valence-electron chi connectivity index (χ0n) is 11.1. The number of nitrogens with one attached hydrogen (secondary N) is 2. The Morgan fingerprint density at radius 1 is 1.14 bits per heavy atom. The average Bonchev–Trinajstić information content (AvgIpc) is 2.84. The van der Waals surface area contributed by atoms with E-state index in [4.69, 9.17) is 5.73 Å². The maximum absolute atomic E-state index is 9.71. The molecule has 0 bridgehead atoms. The van der Waals surface area contributed by atoms with Crippen LogP contribution in [0.1, 0.15) is 11.7 Å². The second kappa shape index (κ2) is 4.24. The predicted molar refractivity (Wildman–Crippen MR) is 80.0 cm³/mol. The van der Waals surface area contributed by atoms with Gasteiger partial charge in [0, 0.05) is 5.56 Å². The number of guanidine groups is 1. The highest BCUT2D eigenvalue weighted by Gasteiger charge is 2.30. The molecule has 6 nitrogen and oxygen atoms in total. The number of H-pyrrole nitrogens is 1. The van der Waals surface area contributed by atoms with Gasteiger partial charge in [-0.15, -0.1) is 0 Å². The SMILES string of the molecule is NC1=N[C@H](c2cccc(O)c2)[n+]2c([nH]c3ccccc32)N1. The number of hydrogen-bond acceptors (Lipinski definition) is 4. The summed E-state index contributed by atoms with van der Waals surface area (Å²) < 4.78 is 2.03. The Bertz CT molecular complexity index is 867. The van der Waals surface area contributed by atoms with Crippen LogP contribution in [0.3, 0.4) is 0 Å². The maximum Gasteiger partial charge on any atom is 0.365 e. The van der Waals surface area contributed by atoms with E-state index >= 15 is 0 Å². The van der Waals surface area contributed by atoms with Crippen molar-refractivity contribution in [1.82, 2.24) is 4.98 Å². The Balaban J connectivity index is 1.97. The first-order valence-corrected chi connectivity index (χ1v) is 6.64. The number of para-hydroxylation sites is 2. The molecule has 0 aliphatic carbocycles. The third-order valence-electron chi connectivity index (χ3n) is 3.58. The van der Waals surface area contributed by atoms with Crippen LogP contribution in [0, 0.1) is 0 Å². The van der Waals surface area contributed by atoms with E-state index in [1.54, 1.807) is 18.2 Å². The van der Waals surface area contributed by atoms with Crippen LogP contribution in [0.2, 0.25) is 0 Å². The van der Waals surface area contributed by atoms with Crippen LogP contribution in [0.25, 0.3) is 11.0 Å². The number of phenolic OH excluding ortho intramolecular Hbond substituents is 1. The number of aromatic amines is 1. The molecule has 0 saturated carbocycles. The normalized spacial score (nSPS) is 17.1. The Morgan fingerprint density at radius 2 is 2.00 bits per heavy atom. The number of imidazole rings is 1. The van der Waals surface area contributed by atoms with Crippen LogP contribution in [0.4, 0.5) is 5.95 Å². The van der Waals surface area contributed by atoms with E-state index < -0.39 is 0 Å². The summed E-state index contributed by atoms with van der Waals surface area (Å²) in [5.41, 5.74) is 8.76. The predicted octanol–water partition coefficient (Wildman–Crippen LogP) is 1.45. The molecule has 3 aromatic rings. The van der Waals surface area contributed by atoms with Crippen LogP contribution in [-0.4, -0.2) is 16.1 Å². The minimum absolute atomic E-state index is 0.210. The number of nitrogens with two attached hydrogens (primary N) is 1. The summed E-state index contributed by atoms with van der Waals surface area (Å²) >= 11 is 0. The van der Waals surface area contributed by atoms with Gasteiger partial charge in [-0.3, -0.25) is 0 Å². The lowest BCUT2D eigenvalue weighted by atomic mass is 10.1. The van der Waals surface area contributed by atoms with Crippen molar-refractivity contribution in [3.8, 4) is 5.75 Å². The summed E-state index contributed by atoms with van der Waals surface area (Å²) in [5.74, 6) is 1.33. The van der Waals surface area contributed by atoms with Gasteiger partial charge in [-0.2, -0.15) is 4.99 Å². The van der Waals surface area contributed by atoms with Gasteiger partial charge >= 0.3 is 5.95 Å². The molecule has 0 unspecified atom stereocenters. The lowest BCUT2D eigenvalue weighted by Gasteiger charge is -2.18. The average molecular weight is 280 g/mol. The topological polar surface area (TPSA) is 90.3 Å². The van der Waals surface area contributed by atoms with Crippen molar-refractivity contribution in [3.05, 3.63) is 54.1 Å². The zero-order chi connectivity index (χ0) is 14.4. The molecule has 0 saturated heterocycles. The van der Waals surface area contributed by atoms with Gasteiger partial charge in [0.2, 0.25) is 6.17 Å². The van der Waals surface area contributed by atoms with Crippen LogP contribution >= 0.6 is 0 Å². The third-order valence-corrected chi connectivity index (χ3v) is 3.58. The molecule has 1 atom stereocenters. The van der Waals surface area contributed by atoms with Gasteiger partial charge in [-0.1, -0.05) is 24.3 Å². The largest absolute Gasteiger partial charge is 0.508 e. The number of rotatable bonds is 1. The highest BCUT2D eigenvalue weighted by atomic mass is 16.3. The second-order valence-electron chi connectivity index (χ2n) is 4.97. The highest BCUT2D eigenvalue weighted by Crippen LogP contribution is 2.25.